The summed E-state index contributed by atoms with van der Waals surface area (Å²) in [6.07, 6.45) is -2.40. The second-order valence-corrected chi connectivity index (χ2v) is 6.68. The Bertz CT molecular complexity index is 994. The van der Waals surface area contributed by atoms with Crippen molar-refractivity contribution in [3.63, 3.8) is 0 Å². The molecule has 4 rings (SSSR count). The van der Waals surface area contributed by atoms with Crippen LogP contribution in [0.5, 0.6) is 0 Å². The number of hydrogen-bond donors (Lipinski definition) is 1. The predicted octanol–water partition coefficient (Wildman–Crippen LogP) is 4.09. The van der Waals surface area contributed by atoms with Gasteiger partial charge in [0.15, 0.2) is 0 Å². The van der Waals surface area contributed by atoms with Crippen LogP contribution in [0.1, 0.15) is 22.3 Å². The number of H-pyrrole nitrogens is 1. The summed E-state index contributed by atoms with van der Waals surface area (Å²) in [6.45, 7) is 0.446. The molecule has 1 aliphatic heterocycles. The third kappa shape index (κ3) is 3.28. The van der Waals surface area contributed by atoms with Gasteiger partial charge >= 0.3 is 6.18 Å². The minimum absolute atomic E-state index is 0.153. The molecule has 0 spiro atoms. The highest BCUT2D eigenvalue weighted by molar-refractivity contribution is 5.88. The average molecular weight is 373 g/mol. The highest BCUT2D eigenvalue weighted by Gasteiger charge is 2.30. The number of benzene rings is 2. The molecule has 1 aromatic heterocycles. The maximum atomic E-state index is 12.7. The van der Waals surface area contributed by atoms with E-state index in [4.69, 9.17) is 5.73 Å². The van der Waals surface area contributed by atoms with Crippen molar-refractivity contribution in [2.45, 2.75) is 31.7 Å². The molecule has 1 aliphatic rings. The molecular weight excluding hydrogens is 357 g/mol. The minimum atomic E-state index is -4.39. The Balaban J connectivity index is 1.65. The van der Waals surface area contributed by atoms with Crippen LogP contribution in [0.4, 0.5) is 13.2 Å². The average Bonchev–Trinajstić information content (AvgIpc) is 3.06. The Morgan fingerprint density at radius 1 is 1.19 bits per heavy atom. The van der Waals surface area contributed by atoms with E-state index in [1.165, 1.54) is 17.0 Å². The van der Waals surface area contributed by atoms with Crippen LogP contribution in [0.2, 0.25) is 0 Å². The minimum Gasteiger partial charge on any atom is -0.667 e. The number of aromatic nitrogens is 2. The van der Waals surface area contributed by atoms with E-state index in [1.54, 1.807) is 6.20 Å². The SMILES string of the molecule is [NH-][C@@H]1Cc2ccc3[nH]ncc3c2CN(Cc2ccc(C(F)(F)F)cc2)C1=O. The molecule has 0 fully saturated rings. The number of alkyl halides is 3. The molecule has 3 aromatic rings. The van der Waals surface area contributed by atoms with Crippen LogP contribution in [0.15, 0.2) is 42.6 Å². The zero-order valence-electron chi connectivity index (χ0n) is 14.2. The fraction of sp³-hybridized carbons (Fsp3) is 0.263. The summed E-state index contributed by atoms with van der Waals surface area (Å²) >= 11 is 0. The number of halogens is 3. The Morgan fingerprint density at radius 2 is 1.93 bits per heavy atom. The molecule has 2 heterocycles. The van der Waals surface area contributed by atoms with Crippen molar-refractivity contribution in [2.24, 2.45) is 0 Å². The Kier molecular flexibility index (Phi) is 4.15. The zero-order valence-corrected chi connectivity index (χ0v) is 14.2. The van der Waals surface area contributed by atoms with Gasteiger partial charge in [0, 0.05) is 18.5 Å². The highest BCUT2D eigenvalue weighted by Crippen LogP contribution is 2.31. The molecule has 0 saturated carbocycles. The maximum absolute atomic E-state index is 12.7. The van der Waals surface area contributed by atoms with E-state index in [0.29, 0.717) is 18.5 Å². The number of hydrogen-bond acceptors (Lipinski definition) is 2. The van der Waals surface area contributed by atoms with E-state index in [1.807, 2.05) is 12.1 Å². The van der Waals surface area contributed by atoms with Crippen LogP contribution in [-0.2, 0) is 30.5 Å². The second-order valence-electron chi connectivity index (χ2n) is 6.68. The third-order valence-corrected chi connectivity index (χ3v) is 4.87. The summed E-state index contributed by atoms with van der Waals surface area (Å²) in [5.41, 5.74) is 10.7. The number of carbonyl (C=O) groups excluding carboxylic acids is 1. The molecule has 0 saturated heterocycles. The molecule has 27 heavy (non-hydrogen) atoms. The van der Waals surface area contributed by atoms with Gasteiger partial charge in [-0.05, 0) is 41.3 Å². The molecule has 5 nitrogen and oxygen atoms in total. The maximum Gasteiger partial charge on any atom is 0.416 e. The fourth-order valence-corrected chi connectivity index (χ4v) is 3.45. The summed E-state index contributed by atoms with van der Waals surface area (Å²) in [5.74, 6) is -0.331. The van der Waals surface area contributed by atoms with Gasteiger partial charge in [0.2, 0.25) is 5.91 Å². The van der Waals surface area contributed by atoms with Crippen molar-refractivity contribution in [3.8, 4) is 0 Å². The quantitative estimate of drug-likeness (QED) is 0.735. The molecule has 0 aliphatic carbocycles. The first-order valence-corrected chi connectivity index (χ1v) is 8.43. The molecule has 140 valence electrons. The molecule has 2 aromatic carbocycles. The van der Waals surface area contributed by atoms with Gasteiger partial charge in [0.05, 0.1) is 17.3 Å². The van der Waals surface area contributed by atoms with Crippen molar-refractivity contribution in [1.82, 2.24) is 15.1 Å². The monoisotopic (exact) mass is 373 g/mol. The van der Waals surface area contributed by atoms with Crippen LogP contribution in [0.25, 0.3) is 16.6 Å². The van der Waals surface area contributed by atoms with E-state index in [-0.39, 0.29) is 12.5 Å². The van der Waals surface area contributed by atoms with Crippen molar-refractivity contribution in [1.29, 1.82) is 0 Å². The molecule has 2 N–H and O–H groups in total. The largest absolute Gasteiger partial charge is 0.667 e. The van der Waals surface area contributed by atoms with Gasteiger partial charge in [-0.2, -0.15) is 18.3 Å². The van der Waals surface area contributed by atoms with Gasteiger partial charge in [-0.3, -0.25) is 9.89 Å². The van der Waals surface area contributed by atoms with Gasteiger partial charge in [0.25, 0.3) is 0 Å². The Morgan fingerprint density at radius 3 is 2.63 bits per heavy atom. The molecule has 0 unspecified atom stereocenters. The summed E-state index contributed by atoms with van der Waals surface area (Å²) in [6, 6.07) is 7.61. The van der Waals surface area contributed by atoms with E-state index in [0.717, 1.165) is 34.2 Å². The molecular formula is C19H16F3N4O-. The lowest BCUT2D eigenvalue weighted by atomic mass is 9.99. The number of amides is 1. The lowest BCUT2D eigenvalue weighted by Crippen LogP contribution is -2.35. The van der Waals surface area contributed by atoms with Gasteiger partial charge in [-0.1, -0.05) is 24.2 Å². The van der Waals surface area contributed by atoms with Crippen LogP contribution in [-0.4, -0.2) is 27.0 Å². The molecule has 1 atom stereocenters. The van der Waals surface area contributed by atoms with Crippen molar-refractivity contribution in [3.05, 3.63) is 70.6 Å². The number of nitrogens with one attached hydrogen (secondary N) is 2. The zero-order chi connectivity index (χ0) is 19.2. The standard InChI is InChI=1S/C19H16F3N4O/c20-19(21,22)13-4-1-11(2-5-13)9-26-10-15-12(7-16(23)18(26)27)3-6-17-14(15)8-24-25-17/h1-6,8,16,23H,7,9-10H2,(H,24,25)/q-1/t16-/m1/s1. The Labute approximate surface area is 153 Å². The highest BCUT2D eigenvalue weighted by atomic mass is 19.4. The molecule has 0 radical (unpaired) electrons. The number of nitrogens with zero attached hydrogens (tertiary/aromatic N) is 2. The lowest BCUT2D eigenvalue weighted by molar-refractivity contribution is -0.137. The first-order chi connectivity index (χ1) is 12.8. The molecule has 8 heteroatoms. The summed E-state index contributed by atoms with van der Waals surface area (Å²) in [7, 11) is 0. The number of aromatic amines is 1. The van der Waals surface area contributed by atoms with E-state index in [2.05, 4.69) is 10.2 Å². The van der Waals surface area contributed by atoms with Crippen molar-refractivity contribution in [2.75, 3.05) is 0 Å². The van der Waals surface area contributed by atoms with Gasteiger partial charge in [0.1, 0.15) is 0 Å². The Hall–Kier alpha value is -2.87. The number of fused-ring (bicyclic) bond motifs is 3. The normalized spacial score (nSPS) is 17.9. The van der Waals surface area contributed by atoms with Gasteiger partial charge < -0.3 is 10.6 Å². The van der Waals surface area contributed by atoms with Crippen LogP contribution < -0.4 is 0 Å². The van der Waals surface area contributed by atoms with Crippen LogP contribution >= 0.6 is 0 Å². The smallest absolute Gasteiger partial charge is 0.416 e. The lowest BCUT2D eigenvalue weighted by Gasteiger charge is -2.26. The first kappa shape index (κ1) is 17.5. The van der Waals surface area contributed by atoms with Crippen molar-refractivity contribution < 1.29 is 18.0 Å². The van der Waals surface area contributed by atoms with E-state index >= 15 is 0 Å². The van der Waals surface area contributed by atoms with Crippen LogP contribution in [0, 0.1) is 0 Å². The second kappa shape index (κ2) is 6.38. The van der Waals surface area contributed by atoms with Gasteiger partial charge in [-0.15, -0.1) is 0 Å². The summed E-state index contributed by atoms with van der Waals surface area (Å²) in [5, 5.41) is 7.82. The third-order valence-electron chi connectivity index (χ3n) is 4.87. The van der Waals surface area contributed by atoms with Crippen molar-refractivity contribution >= 4 is 16.8 Å². The molecule has 1 amide bonds. The first-order valence-electron chi connectivity index (χ1n) is 8.43. The predicted molar refractivity (Wildman–Crippen MR) is 93.6 cm³/mol. The molecule has 0 bridgehead atoms. The van der Waals surface area contributed by atoms with Crippen LogP contribution in [0.3, 0.4) is 0 Å². The topological polar surface area (TPSA) is 72.8 Å². The van der Waals surface area contributed by atoms with E-state index < -0.39 is 17.8 Å². The fourth-order valence-electron chi connectivity index (χ4n) is 3.45. The number of carbonyl (C=O) groups is 1. The summed E-state index contributed by atoms with van der Waals surface area (Å²) < 4.78 is 38.2. The number of rotatable bonds is 2. The van der Waals surface area contributed by atoms with E-state index in [9.17, 15) is 18.0 Å². The summed E-state index contributed by atoms with van der Waals surface area (Å²) in [4.78, 5) is 14.2. The van der Waals surface area contributed by atoms with Gasteiger partial charge in [-0.25, -0.2) is 0 Å².